The van der Waals surface area contributed by atoms with Crippen LogP contribution >= 0.6 is 15.9 Å². The molecule has 7 heteroatoms. The van der Waals surface area contributed by atoms with Crippen LogP contribution in [0.1, 0.15) is 12.5 Å². The molecular formula is C10H16BrN3O2S. The van der Waals surface area contributed by atoms with E-state index in [9.17, 15) is 8.42 Å². The summed E-state index contributed by atoms with van der Waals surface area (Å²) in [6.45, 7) is 3.66. The Kier molecular flexibility index (Phi) is 4.37. The van der Waals surface area contributed by atoms with Crippen LogP contribution in [0.3, 0.4) is 0 Å². The molecule has 1 unspecified atom stereocenters. The third-order valence-electron chi connectivity index (χ3n) is 2.24. The Morgan fingerprint density at radius 2 is 2.18 bits per heavy atom. The van der Waals surface area contributed by atoms with Crippen LogP contribution in [0, 0.1) is 6.92 Å². The molecule has 1 aromatic heterocycles. The summed E-state index contributed by atoms with van der Waals surface area (Å²) in [5, 5.41) is 3.04. The molecule has 96 valence electrons. The van der Waals surface area contributed by atoms with Crippen LogP contribution in [0.4, 0.5) is 11.5 Å². The SMILES string of the molecule is Cc1c(N)cnc(NC(C)CS(C)(=O)=O)c1Br. The second kappa shape index (κ2) is 5.22. The second-order valence-electron chi connectivity index (χ2n) is 4.14. The Balaban J connectivity index is 2.86. The van der Waals surface area contributed by atoms with E-state index >= 15 is 0 Å². The van der Waals surface area contributed by atoms with E-state index in [0.29, 0.717) is 11.5 Å². The highest BCUT2D eigenvalue weighted by Gasteiger charge is 2.13. The van der Waals surface area contributed by atoms with Crippen LogP contribution in [-0.4, -0.2) is 31.5 Å². The van der Waals surface area contributed by atoms with E-state index in [1.54, 1.807) is 13.1 Å². The third kappa shape index (κ3) is 4.16. The van der Waals surface area contributed by atoms with Crippen molar-refractivity contribution in [3.63, 3.8) is 0 Å². The fourth-order valence-corrected chi connectivity index (χ4v) is 2.86. The van der Waals surface area contributed by atoms with Gasteiger partial charge in [0.05, 0.1) is 22.1 Å². The summed E-state index contributed by atoms with van der Waals surface area (Å²) >= 11 is 3.38. The summed E-state index contributed by atoms with van der Waals surface area (Å²) in [4.78, 5) is 4.13. The van der Waals surface area contributed by atoms with Gasteiger partial charge in [0.2, 0.25) is 0 Å². The first-order valence-corrected chi connectivity index (χ1v) is 7.91. The zero-order valence-corrected chi connectivity index (χ0v) is 12.4. The molecule has 1 aromatic rings. The molecule has 3 N–H and O–H groups in total. The van der Waals surface area contributed by atoms with E-state index in [0.717, 1.165) is 10.0 Å². The van der Waals surface area contributed by atoms with Gasteiger partial charge in [-0.25, -0.2) is 13.4 Å². The highest BCUT2D eigenvalue weighted by atomic mass is 79.9. The maximum Gasteiger partial charge on any atom is 0.149 e. The molecule has 0 amide bonds. The van der Waals surface area contributed by atoms with E-state index in [1.165, 1.54) is 6.26 Å². The number of sulfone groups is 1. The van der Waals surface area contributed by atoms with E-state index < -0.39 is 9.84 Å². The van der Waals surface area contributed by atoms with Crippen molar-refractivity contribution in [2.75, 3.05) is 23.1 Å². The number of anilines is 2. The average molecular weight is 322 g/mol. The monoisotopic (exact) mass is 321 g/mol. The first-order chi connectivity index (χ1) is 7.70. The third-order valence-corrected chi connectivity index (χ3v) is 4.31. The van der Waals surface area contributed by atoms with Gasteiger partial charge in [-0.05, 0) is 35.3 Å². The summed E-state index contributed by atoms with van der Waals surface area (Å²) in [6.07, 6.45) is 2.76. The smallest absolute Gasteiger partial charge is 0.149 e. The summed E-state index contributed by atoms with van der Waals surface area (Å²) in [5.74, 6) is 0.665. The van der Waals surface area contributed by atoms with E-state index in [-0.39, 0.29) is 11.8 Å². The minimum absolute atomic E-state index is 0.0601. The average Bonchev–Trinajstić information content (AvgIpc) is 2.16. The molecule has 0 fully saturated rings. The van der Waals surface area contributed by atoms with Crippen molar-refractivity contribution in [2.24, 2.45) is 0 Å². The predicted octanol–water partition coefficient (Wildman–Crippen LogP) is 1.58. The molecule has 0 aliphatic carbocycles. The molecule has 0 radical (unpaired) electrons. The molecule has 0 saturated carbocycles. The van der Waals surface area contributed by atoms with Crippen molar-refractivity contribution in [3.05, 3.63) is 16.2 Å². The van der Waals surface area contributed by atoms with Crippen molar-refractivity contribution in [2.45, 2.75) is 19.9 Å². The topological polar surface area (TPSA) is 85.1 Å². The number of nitrogens with one attached hydrogen (secondary N) is 1. The molecule has 1 atom stereocenters. The lowest BCUT2D eigenvalue weighted by molar-refractivity contribution is 0.598. The zero-order valence-electron chi connectivity index (χ0n) is 9.99. The fraction of sp³-hybridized carbons (Fsp3) is 0.500. The number of aromatic nitrogens is 1. The number of hydrogen-bond donors (Lipinski definition) is 2. The number of rotatable bonds is 4. The second-order valence-corrected chi connectivity index (χ2v) is 7.12. The molecule has 17 heavy (non-hydrogen) atoms. The summed E-state index contributed by atoms with van der Waals surface area (Å²) in [6, 6.07) is -0.211. The van der Waals surface area contributed by atoms with Crippen LogP contribution in [-0.2, 0) is 9.84 Å². The van der Waals surface area contributed by atoms with Gasteiger partial charge in [-0.2, -0.15) is 0 Å². The van der Waals surface area contributed by atoms with Crippen LogP contribution in [0.5, 0.6) is 0 Å². The first-order valence-electron chi connectivity index (χ1n) is 5.05. The van der Waals surface area contributed by atoms with Crippen molar-refractivity contribution < 1.29 is 8.42 Å². The van der Waals surface area contributed by atoms with Crippen molar-refractivity contribution in [3.8, 4) is 0 Å². The maximum absolute atomic E-state index is 11.1. The molecule has 0 aromatic carbocycles. The Labute approximate surface area is 110 Å². The fourth-order valence-electron chi connectivity index (χ4n) is 1.42. The van der Waals surface area contributed by atoms with Crippen molar-refractivity contribution in [1.82, 2.24) is 4.98 Å². The number of pyridine rings is 1. The normalized spacial score (nSPS) is 13.4. The minimum atomic E-state index is -3.00. The molecule has 0 spiro atoms. The van der Waals surface area contributed by atoms with Gasteiger partial charge in [-0.1, -0.05) is 0 Å². The Bertz CT molecular complexity index is 517. The van der Waals surface area contributed by atoms with Gasteiger partial charge in [0.1, 0.15) is 15.7 Å². The number of nitrogens with zero attached hydrogens (tertiary/aromatic N) is 1. The lowest BCUT2D eigenvalue weighted by Crippen LogP contribution is -2.25. The largest absolute Gasteiger partial charge is 0.397 e. The van der Waals surface area contributed by atoms with Crippen LogP contribution in [0.25, 0.3) is 0 Å². The Hall–Kier alpha value is -0.820. The molecule has 0 aliphatic rings. The van der Waals surface area contributed by atoms with Gasteiger partial charge in [0.25, 0.3) is 0 Å². The summed E-state index contributed by atoms with van der Waals surface area (Å²) < 4.78 is 23.1. The number of nitrogen functional groups attached to an aromatic ring is 1. The van der Waals surface area contributed by atoms with Gasteiger partial charge in [0.15, 0.2) is 0 Å². The Morgan fingerprint density at radius 3 is 2.71 bits per heavy atom. The molecule has 0 bridgehead atoms. The lowest BCUT2D eigenvalue weighted by Gasteiger charge is -2.16. The highest BCUT2D eigenvalue weighted by molar-refractivity contribution is 9.10. The maximum atomic E-state index is 11.1. The number of halogens is 1. The molecule has 1 rings (SSSR count). The summed E-state index contributed by atoms with van der Waals surface area (Å²) in [5.41, 5.74) is 7.18. The molecular weight excluding hydrogens is 306 g/mol. The van der Waals surface area contributed by atoms with Gasteiger partial charge in [-0.3, -0.25) is 0 Å². The highest BCUT2D eigenvalue weighted by Crippen LogP contribution is 2.28. The van der Waals surface area contributed by atoms with Gasteiger partial charge >= 0.3 is 0 Å². The molecule has 1 heterocycles. The van der Waals surface area contributed by atoms with Crippen molar-refractivity contribution in [1.29, 1.82) is 0 Å². The van der Waals surface area contributed by atoms with Crippen LogP contribution < -0.4 is 11.1 Å². The van der Waals surface area contributed by atoms with Gasteiger partial charge < -0.3 is 11.1 Å². The Morgan fingerprint density at radius 1 is 1.59 bits per heavy atom. The van der Waals surface area contributed by atoms with Crippen LogP contribution in [0.15, 0.2) is 10.7 Å². The standard InChI is InChI=1S/C10H16BrN3O2S/c1-6(5-17(3,15)16)14-10-9(11)7(2)8(12)4-13-10/h4,6H,5,12H2,1-3H3,(H,13,14). The lowest BCUT2D eigenvalue weighted by atomic mass is 10.2. The first kappa shape index (κ1) is 14.2. The van der Waals surface area contributed by atoms with Crippen molar-refractivity contribution >= 4 is 37.3 Å². The number of hydrogen-bond acceptors (Lipinski definition) is 5. The summed E-state index contributed by atoms with van der Waals surface area (Å²) in [7, 11) is -3.00. The van der Waals surface area contributed by atoms with Gasteiger partial charge in [0, 0.05) is 12.3 Å². The molecule has 0 saturated heterocycles. The van der Waals surface area contributed by atoms with E-state index in [4.69, 9.17) is 5.73 Å². The van der Waals surface area contributed by atoms with Crippen LogP contribution in [0.2, 0.25) is 0 Å². The predicted molar refractivity (Wildman–Crippen MR) is 73.9 cm³/mol. The van der Waals surface area contributed by atoms with E-state index in [2.05, 4.69) is 26.2 Å². The number of nitrogens with two attached hydrogens (primary N) is 1. The molecule has 5 nitrogen and oxygen atoms in total. The van der Waals surface area contributed by atoms with Gasteiger partial charge in [-0.15, -0.1) is 0 Å². The van der Waals surface area contributed by atoms with E-state index in [1.807, 2.05) is 6.92 Å². The zero-order chi connectivity index (χ0) is 13.2. The molecule has 0 aliphatic heterocycles. The minimum Gasteiger partial charge on any atom is -0.397 e. The quantitative estimate of drug-likeness (QED) is 0.879.